The molecule has 9 heteroatoms. The third-order valence-electron chi connectivity index (χ3n) is 11.4. The molecule has 0 radical (unpaired) electrons. The summed E-state index contributed by atoms with van der Waals surface area (Å²) in [5.41, 5.74) is 4.75. The van der Waals surface area contributed by atoms with Crippen molar-refractivity contribution in [2.75, 3.05) is 13.2 Å². The summed E-state index contributed by atoms with van der Waals surface area (Å²) in [6.45, 7) is 4.56. The zero-order chi connectivity index (χ0) is 38.6. The maximum atomic E-state index is 11.0. The molecule has 2 saturated carbocycles. The summed E-state index contributed by atoms with van der Waals surface area (Å²) in [7, 11) is 0. The number of allylic oxidation sites excluding steroid dienone is 2. The van der Waals surface area contributed by atoms with Crippen LogP contribution in [0.1, 0.15) is 127 Å². The summed E-state index contributed by atoms with van der Waals surface area (Å²) in [6.07, 6.45) is 16.8. The maximum Gasteiger partial charge on any atom is 1.00 e. The van der Waals surface area contributed by atoms with Crippen molar-refractivity contribution in [1.82, 2.24) is 0 Å². The summed E-state index contributed by atoms with van der Waals surface area (Å²) >= 11 is 0. The molecular weight excluding hydrogens is 703 g/mol. The third-order valence-corrected chi connectivity index (χ3v) is 11.4. The molecule has 288 valence electrons. The summed E-state index contributed by atoms with van der Waals surface area (Å²) in [6, 6.07) is 15.1. The standard InChI is InChI=1S/2C23H28O4.Na/c2*1-2-4-19(13-22(25)26)18-6-8-21(9-7-18)27-16-17-5-3-11-23(14-17)12-10-20(24)15-23;/h2*6-9,14,19-20,24H,3,5,10-13,15-16H2,1H3,(H,25,26);/q;;+1/p-1/t2*19-,20+,23-;/m00./s1. The first-order valence-electron chi connectivity index (χ1n) is 19.5. The molecular formula is C46H55NaO8. The molecule has 2 spiro atoms. The van der Waals surface area contributed by atoms with E-state index in [1.165, 1.54) is 24.0 Å². The van der Waals surface area contributed by atoms with Crippen molar-refractivity contribution in [2.24, 2.45) is 10.8 Å². The van der Waals surface area contributed by atoms with Crippen molar-refractivity contribution in [3.05, 3.63) is 83.0 Å². The predicted octanol–water partition coefficient (Wildman–Crippen LogP) is 4.25. The number of carboxylic acid groups (broad SMARTS) is 2. The van der Waals surface area contributed by atoms with Gasteiger partial charge in [-0.05, 0) is 148 Å². The third kappa shape index (κ3) is 13.3. The average Bonchev–Trinajstić information content (AvgIpc) is 3.69. The molecule has 6 rings (SSSR count). The van der Waals surface area contributed by atoms with Crippen LogP contribution in [0.3, 0.4) is 0 Å². The molecule has 4 aliphatic carbocycles. The normalized spacial score (nSPS) is 24.9. The van der Waals surface area contributed by atoms with Gasteiger partial charge in [-0.15, -0.1) is 11.8 Å². The van der Waals surface area contributed by atoms with Crippen molar-refractivity contribution in [1.29, 1.82) is 0 Å². The summed E-state index contributed by atoms with van der Waals surface area (Å²) in [4.78, 5) is 21.9. The van der Waals surface area contributed by atoms with E-state index < -0.39 is 11.9 Å². The molecule has 4 aliphatic rings. The fourth-order valence-corrected chi connectivity index (χ4v) is 8.83. The number of carboxylic acids is 2. The number of hydrogen-bond acceptors (Lipinski definition) is 7. The van der Waals surface area contributed by atoms with Gasteiger partial charge in [0.2, 0.25) is 0 Å². The first-order chi connectivity index (χ1) is 26.0. The SMILES string of the molecule is CC#C[C@@H](CC(=O)O)c1ccc(OCC2=C[C@]3(CCC2)CC[C@@H](O)C3)cc1.CC#C[C@@H](CC(=O)[O-])c1ccc(OCC2=C[C@]3(CCC2)CC[C@@H](O)C3)cc1.[Na+]. The van der Waals surface area contributed by atoms with Gasteiger partial charge in [-0.1, -0.05) is 48.3 Å². The van der Waals surface area contributed by atoms with E-state index in [-0.39, 0.29) is 77.3 Å². The van der Waals surface area contributed by atoms with Gasteiger partial charge in [-0.2, -0.15) is 0 Å². The number of hydrogen-bond donors (Lipinski definition) is 3. The van der Waals surface area contributed by atoms with Crippen LogP contribution >= 0.6 is 0 Å². The van der Waals surface area contributed by atoms with Crippen LogP contribution in [-0.2, 0) is 9.59 Å². The number of carbonyl (C=O) groups excluding carboxylic acids is 1. The zero-order valence-electron chi connectivity index (χ0n) is 32.8. The van der Waals surface area contributed by atoms with Gasteiger partial charge in [0.15, 0.2) is 0 Å². The molecule has 0 aliphatic heterocycles. The van der Waals surface area contributed by atoms with Crippen molar-refractivity contribution >= 4 is 11.9 Å². The summed E-state index contributed by atoms with van der Waals surface area (Å²) < 4.78 is 11.9. The van der Waals surface area contributed by atoms with Crippen LogP contribution in [0.2, 0.25) is 0 Å². The van der Waals surface area contributed by atoms with Gasteiger partial charge in [-0.3, -0.25) is 4.79 Å². The van der Waals surface area contributed by atoms with Gasteiger partial charge < -0.3 is 34.7 Å². The van der Waals surface area contributed by atoms with Gasteiger partial charge in [0.1, 0.15) is 24.7 Å². The summed E-state index contributed by atoms with van der Waals surface area (Å²) in [5.74, 6) is 10.4. The number of aliphatic hydroxyl groups is 2. The fraction of sp³-hybridized carbons (Fsp3) is 0.522. The number of aliphatic hydroxyl groups excluding tert-OH is 2. The molecule has 0 unspecified atom stereocenters. The Hall–Kier alpha value is -3.50. The Bertz CT molecular complexity index is 1640. The van der Waals surface area contributed by atoms with Crippen LogP contribution in [0.25, 0.3) is 0 Å². The first kappa shape index (κ1) is 44.2. The molecule has 0 bridgehead atoms. The fourth-order valence-electron chi connectivity index (χ4n) is 8.83. The minimum absolute atomic E-state index is 0. The largest absolute Gasteiger partial charge is 1.00 e. The van der Waals surface area contributed by atoms with Crippen LogP contribution in [0, 0.1) is 34.5 Å². The van der Waals surface area contributed by atoms with E-state index in [0.717, 1.165) is 86.8 Å². The Labute approximate surface area is 349 Å². The van der Waals surface area contributed by atoms with Crippen LogP contribution in [0.4, 0.5) is 0 Å². The Kier molecular flexibility index (Phi) is 17.0. The molecule has 2 fully saturated rings. The number of ether oxygens (including phenoxy) is 2. The van der Waals surface area contributed by atoms with Crippen molar-refractivity contribution in [3.63, 3.8) is 0 Å². The minimum atomic E-state index is -1.10. The van der Waals surface area contributed by atoms with E-state index in [2.05, 4.69) is 35.8 Å². The molecule has 0 amide bonds. The topological polar surface area (TPSA) is 136 Å². The number of aliphatic carboxylic acids is 2. The van der Waals surface area contributed by atoms with Crippen molar-refractivity contribution < 1.29 is 69.0 Å². The molecule has 2 aromatic carbocycles. The Morgan fingerprint density at radius 1 is 0.727 bits per heavy atom. The zero-order valence-corrected chi connectivity index (χ0v) is 34.8. The maximum absolute atomic E-state index is 11.0. The Balaban J connectivity index is 0.000000240. The number of carbonyl (C=O) groups is 2. The smallest absolute Gasteiger partial charge is 0.550 e. The van der Waals surface area contributed by atoms with Crippen molar-refractivity contribution in [2.45, 2.75) is 128 Å². The minimum Gasteiger partial charge on any atom is -0.550 e. The number of benzene rings is 2. The van der Waals surface area contributed by atoms with E-state index in [1.807, 2.05) is 48.5 Å². The molecule has 0 saturated heterocycles. The predicted molar refractivity (Wildman–Crippen MR) is 207 cm³/mol. The second-order valence-corrected chi connectivity index (χ2v) is 15.6. The molecule has 0 heterocycles. The first-order valence-corrected chi connectivity index (χ1v) is 19.5. The molecule has 6 atom stereocenters. The molecule has 0 aromatic heterocycles. The Morgan fingerprint density at radius 2 is 1.15 bits per heavy atom. The monoisotopic (exact) mass is 758 g/mol. The Morgan fingerprint density at radius 3 is 1.49 bits per heavy atom. The van der Waals surface area contributed by atoms with Crippen LogP contribution < -0.4 is 44.1 Å². The van der Waals surface area contributed by atoms with E-state index >= 15 is 0 Å². The van der Waals surface area contributed by atoms with Gasteiger partial charge >= 0.3 is 35.5 Å². The van der Waals surface area contributed by atoms with Crippen LogP contribution in [-0.4, -0.2) is 52.7 Å². The van der Waals surface area contributed by atoms with Gasteiger partial charge in [0.05, 0.1) is 30.5 Å². The van der Waals surface area contributed by atoms with E-state index in [0.29, 0.717) is 13.2 Å². The van der Waals surface area contributed by atoms with E-state index in [1.54, 1.807) is 13.8 Å². The summed E-state index contributed by atoms with van der Waals surface area (Å²) in [5, 5.41) is 39.7. The second-order valence-electron chi connectivity index (χ2n) is 15.6. The van der Waals surface area contributed by atoms with Gasteiger partial charge in [-0.25, -0.2) is 0 Å². The van der Waals surface area contributed by atoms with E-state index in [9.17, 15) is 24.9 Å². The molecule has 8 nitrogen and oxygen atoms in total. The quantitative estimate of drug-likeness (QED) is 0.166. The van der Waals surface area contributed by atoms with Gasteiger partial charge in [0.25, 0.3) is 0 Å². The van der Waals surface area contributed by atoms with E-state index in [4.69, 9.17) is 14.6 Å². The average molecular weight is 759 g/mol. The molecule has 2 aromatic rings. The van der Waals surface area contributed by atoms with Crippen LogP contribution in [0.15, 0.2) is 71.8 Å². The molecule has 3 N–H and O–H groups in total. The van der Waals surface area contributed by atoms with Crippen molar-refractivity contribution in [3.8, 4) is 35.2 Å². The number of rotatable bonds is 12. The second kappa shape index (κ2) is 21.1. The molecule has 55 heavy (non-hydrogen) atoms. The van der Waals surface area contributed by atoms with Crippen LogP contribution in [0.5, 0.6) is 11.5 Å². The van der Waals surface area contributed by atoms with Gasteiger partial charge in [0, 0.05) is 12.4 Å².